The van der Waals surface area contributed by atoms with E-state index in [1.165, 1.54) is 31.5 Å². The molecule has 5 nitrogen and oxygen atoms in total. The minimum absolute atomic E-state index is 0.121. The lowest BCUT2D eigenvalue weighted by Gasteiger charge is -2.10. The van der Waals surface area contributed by atoms with Crippen LogP contribution in [0.1, 0.15) is 15.9 Å². The molecule has 0 saturated heterocycles. The van der Waals surface area contributed by atoms with Gasteiger partial charge in [-0.3, -0.25) is 4.79 Å². The zero-order chi connectivity index (χ0) is 16.3. The van der Waals surface area contributed by atoms with E-state index in [4.69, 9.17) is 10.5 Å². The summed E-state index contributed by atoms with van der Waals surface area (Å²) in [5.74, 6) is -0.505. The first-order chi connectivity index (χ1) is 10.3. The number of hydrogen-bond donors (Lipinski definition) is 2. The molecule has 22 heavy (non-hydrogen) atoms. The second-order valence-electron chi connectivity index (χ2n) is 4.36. The highest BCUT2D eigenvalue weighted by molar-refractivity contribution is 6.04. The number of anilines is 2. The Kier molecular flexibility index (Phi) is 4.20. The van der Waals surface area contributed by atoms with Gasteiger partial charge in [0, 0.05) is 5.56 Å². The maximum Gasteiger partial charge on any atom is 0.416 e. The molecular formula is C14H12F3N3O2. The van der Waals surface area contributed by atoms with E-state index in [0.29, 0.717) is 0 Å². The molecule has 0 atom stereocenters. The summed E-state index contributed by atoms with van der Waals surface area (Å²) in [6, 6.07) is 5.51. The van der Waals surface area contributed by atoms with Crippen molar-refractivity contribution in [3.63, 3.8) is 0 Å². The Morgan fingerprint density at radius 3 is 2.64 bits per heavy atom. The molecular weight excluding hydrogens is 299 g/mol. The van der Waals surface area contributed by atoms with Gasteiger partial charge in [-0.2, -0.15) is 13.2 Å². The van der Waals surface area contributed by atoms with Crippen molar-refractivity contribution in [1.29, 1.82) is 0 Å². The van der Waals surface area contributed by atoms with Crippen molar-refractivity contribution >= 4 is 17.3 Å². The Morgan fingerprint density at radius 2 is 2.05 bits per heavy atom. The summed E-state index contributed by atoms with van der Waals surface area (Å²) in [6.07, 6.45) is -3.22. The maximum absolute atomic E-state index is 12.6. The zero-order valence-corrected chi connectivity index (χ0v) is 11.4. The number of pyridine rings is 1. The predicted octanol–water partition coefficient (Wildman–Crippen LogP) is 2.94. The first-order valence-electron chi connectivity index (χ1n) is 6.09. The van der Waals surface area contributed by atoms with Crippen LogP contribution in [0.25, 0.3) is 0 Å². The van der Waals surface area contributed by atoms with Gasteiger partial charge in [0.2, 0.25) is 5.88 Å². The van der Waals surface area contributed by atoms with E-state index in [0.717, 1.165) is 12.1 Å². The molecule has 1 amide bonds. The molecule has 1 aromatic carbocycles. The number of nitrogens with two attached hydrogens (primary N) is 1. The van der Waals surface area contributed by atoms with E-state index in [1.807, 2.05) is 0 Å². The molecule has 1 heterocycles. The number of alkyl halides is 3. The third kappa shape index (κ3) is 3.46. The van der Waals surface area contributed by atoms with Gasteiger partial charge in [-0.15, -0.1) is 0 Å². The van der Waals surface area contributed by atoms with Crippen molar-refractivity contribution in [2.75, 3.05) is 18.2 Å². The third-order valence-electron chi connectivity index (χ3n) is 2.78. The van der Waals surface area contributed by atoms with Gasteiger partial charge >= 0.3 is 6.18 Å². The average molecular weight is 311 g/mol. The van der Waals surface area contributed by atoms with Gasteiger partial charge in [-0.1, -0.05) is 6.07 Å². The van der Waals surface area contributed by atoms with Crippen LogP contribution in [0.15, 0.2) is 36.5 Å². The summed E-state index contributed by atoms with van der Waals surface area (Å²) < 4.78 is 42.7. The zero-order valence-electron chi connectivity index (χ0n) is 11.4. The normalized spacial score (nSPS) is 11.1. The number of aromatic nitrogens is 1. The lowest BCUT2D eigenvalue weighted by Crippen LogP contribution is -2.14. The minimum Gasteiger partial charge on any atom is -0.480 e. The number of carbonyl (C=O) groups excluding carboxylic acids is 1. The number of methoxy groups -OCH3 is 1. The van der Waals surface area contributed by atoms with Crippen LogP contribution >= 0.6 is 0 Å². The number of rotatable bonds is 3. The van der Waals surface area contributed by atoms with Crippen LogP contribution in [0.2, 0.25) is 0 Å². The fourth-order valence-electron chi connectivity index (χ4n) is 1.75. The van der Waals surface area contributed by atoms with Gasteiger partial charge in [0.15, 0.2) is 0 Å². The number of halogens is 3. The summed E-state index contributed by atoms with van der Waals surface area (Å²) >= 11 is 0. The number of hydrogen-bond acceptors (Lipinski definition) is 4. The van der Waals surface area contributed by atoms with Gasteiger partial charge < -0.3 is 15.8 Å². The molecule has 3 N–H and O–H groups in total. The van der Waals surface area contributed by atoms with Crippen LogP contribution in [0.5, 0.6) is 5.88 Å². The van der Waals surface area contributed by atoms with E-state index in [-0.39, 0.29) is 22.8 Å². The molecule has 2 aromatic rings. The Bertz CT molecular complexity index is 702. The SMILES string of the molecule is COc1ncc(NC(=O)c2cccc(C(F)(F)F)c2)cc1N. The van der Waals surface area contributed by atoms with Crippen molar-refractivity contribution in [2.45, 2.75) is 6.18 Å². The number of nitrogen functional groups attached to an aromatic ring is 1. The van der Waals surface area contributed by atoms with Crippen molar-refractivity contribution < 1.29 is 22.7 Å². The molecule has 0 aliphatic heterocycles. The summed E-state index contributed by atoms with van der Waals surface area (Å²) in [5, 5.41) is 2.42. The Morgan fingerprint density at radius 1 is 1.32 bits per heavy atom. The molecule has 1 aromatic heterocycles. The lowest BCUT2D eigenvalue weighted by atomic mass is 10.1. The van der Waals surface area contributed by atoms with E-state index >= 15 is 0 Å². The van der Waals surface area contributed by atoms with Crippen molar-refractivity contribution in [2.24, 2.45) is 0 Å². The minimum atomic E-state index is -4.51. The molecule has 116 valence electrons. The Hall–Kier alpha value is -2.77. The number of carbonyl (C=O) groups is 1. The molecule has 0 spiro atoms. The van der Waals surface area contributed by atoms with Crippen molar-refractivity contribution in [3.05, 3.63) is 47.7 Å². The number of amides is 1. The van der Waals surface area contributed by atoms with E-state index < -0.39 is 17.6 Å². The number of nitrogens with one attached hydrogen (secondary N) is 1. The molecule has 8 heteroatoms. The number of benzene rings is 1. The maximum atomic E-state index is 12.6. The second kappa shape index (κ2) is 5.92. The first-order valence-corrected chi connectivity index (χ1v) is 6.09. The van der Waals surface area contributed by atoms with E-state index in [2.05, 4.69) is 10.3 Å². The van der Waals surface area contributed by atoms with Crippen LogP contribution in [0, 0.1) is 0 Å². The Balaban J connectivity index is 2.21. The van der Waals surface area contributed by atoms with Gasteiger partial charge in [-0.25, -0.2) is 4.98 Å². The largest absolute Gasteiger partial charge is 0.480 e. The smallest absolute Gasteiger partial charge is 0.416 e. The first kappa shape index (κ1) is 15.6. The predicted molar refractivity (Wildman–Crippen MR) is 74.6 cm³/mol. The highest BCUT2D eigenvalue weighted by Gasteiger charge is 2.30. The molecule has 0 unspecified atom stereocenters. The molecule has 0 radical (unpaired) electrons. The van der Waals surface area contributed by atoms with Crippen LogP contribution in [0.3, 0.4) is 0 Å². The highest BCUT2D eigenvalue weighted by atomic mass is 19.4. The molecule has 0 saturated carbocycles. The third-order valence-corrected chi connectivity index (χ3v) is 2.78. The van der Waals surface area contributed by atoms with E-state index in [9.17, 15) is 18.0 Å². The molecule has 0 aliphatic carbocycles. The highest BCUT2D eigenvalue weighted by Crippen LogP contribution is 2.29. The molecule has 0 fully saturated rings. The van der Waals surface area contributed by atoms with Crippen LogP contribution in [-0.4, -0.2) is 18.0 Å². The van der Waals surface area contributed by atoms with Gasteiger partial charge in [-0.05, 0) is 24.3 Å². The number of ether oxygens (including phenoxy) is 1. The van der Waals surface area contributed by atoms with Crippen molar-refractivity contribution in [1.82, 2.24) is 4.98 Å². The molecule has 2 rings (SSSR count). The second-order valence-corrected chi connectivity index (χ2v) is 4.36. The topological polar surface area (TPSA) is 77.2 Å². The fraction of sp³-hybridized carbons (Fsp3) is 0.143. The van der Waals surface area contributed by atoms with Crippen LogP contribution < -0.4 is 15.8 Å². The van der Waals surface area contributed by atoms with Gasteiger partial charge in [0.05, 0.1) is 30.2 Å². The lowest BCUT2D eigenvalue weighted by molar-refractivity contribution is -0.137. The summed E-state index contributed by atoms with van der Waals surface area (Å²) in [5.41, 5.74) is 5.07. The van der Waals surface area contributed by atoms with Gasteiger partial charge in [0.1, 0.15) is 0 Å². The van der Waals surface area contributed by atoms with Gasteiger partial charge in [0.25, 0.3) is 5.91 Å². The van der Waals surface area contributed by atoms with Crippen LogP contribution in [0.4, 0.5) is 24.5 Å². The fourth-order valence-corrected chi connectivity index (χ4v) is 1.75. The summed E-state index contributed by atoms with van der Waals surface area (Å²) in [7, 11) is 1.39. The number of nitrogens with zero attached hydrogens (tertiary/aromatic N) is 1. The van der Waals surface area contributed by atoms with E-state index in [1.54, 1.807) is 0 Å². The average Bonchev–Trinajstić information content (AvgIpc) is 2.46. The monoisotopic (exact) mass is 311 g/mol. The molecule has 0 bridgehead atoms. The summed E-state index contributed by atoms with van der Waals surface area (Å²) in [6.45, 7) is 0. The molecule has 0 aliphatic rings. The Labute approximate surface area is 123 Å². The quantitative estimate of drug-likeness (QED) is 0.913. The standard InChI is InChI=1S/C14H12F3N3O2/c1-22-13-11(18)6-10(7-19-13)20-12(21)8-3-2-4-9(5-8)14(15,16)17/h2-7H,18H2,1H3,(H,20,21). The van der Waals surface area contributed by atoms with Crippen LogP contribution in [-0.2, 0) is 6.18 Å². The van der Waals surface area contributed by atoms with Crippen molar-refractivity contribution in [3.8, 4) is 5.88 Å². The summed E-state index contributed by atoms with van der Waals surface area (Å²) in [4.78, 5) is 15.8.